The molecule has 1 N–H and O–H groups in total. The molecular weight excluding hydrogens is 334 g/mol. The lowest BCUT2D eigenvalue weighted by Gasteiger charge is -2.14. The Bertz CT molecular complexity index is 1040. The third-order valence-electron chi connectivity index (χ3n) is 5.72. The number of hydrogen-bond donors (Lipinski definition) is 1. The molecule has 2 aromatic heterocycles. The highest BCUT2D eigenvalue weighted by molar-refractivity contribution is 5.87. The number of benzene rings is 1. The Morgan fingerprint density at radius 1 is 1.15 bits per heavy atom. The number of nitrogens with one attached hydrogen (secondary N) is 1. The van der Waals surface area contributed by atoms with E-state index < -0.39 is 0 Å². The first-order valence-corrected chi connectivity index (χ1v) is 9.71. The van der Waals surface area contributed by atoms with Gasteiger partial charge in [-0.25, -0.2) is 19.9 Å². The van der Waals surface area contributed by atoms with Crippen molar-refractivity contribution in [1.82, 2.24) is 19.9 Å². The van der Waals surface area contributed by atoms with Gasteiger partial charge in [-0.15, -0.1) is 0 Å². The van der Waals surface area contributed by atoms with Crippen molar-refractivity contribution >= 4 is 22.4 Å². The fourth-order valence-electron chi connectivity index (χ4n) is 3.65. The van der Waals surface area contributed by atoms with E-state index in [1.807, 2.05) is 12.4 Å². The Hall–Kier alpha value is -2.82. The molecule has 1 fully saturated rings. The summed E-state index contributed by atoms with van der Waals surface area (Å²) in [7, 11) is 0. The van der Waals surface area contributed by atoms with Gasteiger partial charge in [-0.2, -0.15) is 0 Å². The molecule has 5 heteroatoms. The maximum absolute atomic E-state index is 4.85. The largest absolute Gasteiger partial charge is 0.354 e. The highest BCUT2D eigenvalue weighted by Crippen LogP contribution is 2.44. The maximum atomic E-state index is 4.85. The van der Waals surface area contributed by atoms with Crippen LogP contribution in [0.2, 0.25) is 0 Å². The number of rotatable bonds is 4. The number of allylic oxidation sites excluding steroid dienone is 1. The Kier molecular flexibility index (Phi) is 3.88. The van der Waals surface area contributed by atoms with Crippen molar-refractivity contribution in [2.24, 2.45) is 5.41 Å². The summed E-state index contributed by atoms with van der Waals surface area (Å²) in [5.74, 6) is 0.759. The number of fused-ring (bicyclic) bond motifs is 2. The third-order valence-corrected chi connectivity index (χ3v) is 5.72. The second-order valence-corrected chi connectivity index (χ2v) is 8.02. The molecule has 3 aromatic rings. The minimum Gasteiger partial charge on any atom is -0.354 e. The molecule has 0 amide bonds. The molecule has 0 spiro atoms. The minimum absolute atomic E-state index is 0.439. The van der Waals surface area contributed by atoms with Gasteiger partial charge in [0.25, 0.3) is 0 Å². The zero-order valence-electron chi connectivity index (χ0n) is 15.6. The van der Waals surface area contributed by atoms with Crippen molar-refractivity contribution in [2.45, 2.75) is 39.0 Å². The summed E-state index contributed by atoms with van der Waals surface area (Å²) in [4.78, 5) is 17.9. The summed E-state index contributed by atoms with van der Waals surface area (Å²) in [6, 6.07) is 6.36. The lowest BCUT2D eigenvalue weighted by molar-refractivity contribution is 0.607. The van der Waals surface area contributed by atoms with Crippen LogP contribution in [-0.2, 0) is 6.42 Å². The zero-order chi connectivity index (χ0) is 18.3. The predicted octanol–water partition coefficient (Wildman–Crippen LogP) is 4.40. The summed E-state index contributed by atoms with van der Waals surface area (Å²) in [5.41, 5.74) is 6.08. The van der Waals surface area contributed by atoms with Gasteiger partial charge in [0.05, 0.1) is 11.2 Å². The van der Waals surface area contributed by atoms with Crippen molar-refractivity contribution in [3.8, 4) is 0 Å². The molecule has 0 radical (unpaired) electrons. The van der Waals surface area contributed by atoms with E-state index in [4.69, 9.17) is 4.98 Å². The van der Waals surface area contributed by atoms with Gasteiger partial charge in [-0.05, 0) is 60.8 Å². The van der Waals surface area contributed by atoms with E-state index in [1.165, 1.54) is 24.0 Å². The van der Waals surface area contributed by atoms with Gasteiger partial charge in [0, 0.05) is 29.9 Å². The first-order valence-electron chi connectivity index (χ1n) is 9.71. The van der Waals surface area contributed by atoms with E-state index in [-0.39, 0.29) is 0 Å². The van der Waals surface area contributed by atoms with Crippen molar-refractivity contribution in [2.75, 3.05) is 11.9 Å². The number of nitrogens with zero attached hydrogens (tertiary/aromatic N) is 4. The van der Waals surface area contributed by atoms with Gasteiger partial charge in [0.1, 0.15) is 6.33 Å². The second-order valence-electron chi connectivity index (χ2n) is 8.02. The predicted molar refractivity (Wildman–Crippen MR) is 107 cm³/mol. The second kappa shape index (κ2) is 6.41. The van der Waals surface area contributed by atoms with Gasteiger partial charge in [-0.1, -0.05) is 19.1 Å². The molecule has 0 bridgehead atoms. The molecule has 1 saturated carbocycles. The van der Waals surface area contributed by atoms with Crippen LogP contribution in [0.25, 0.3) is 16.5 Å². The molecule has 2 heterocycles. The molecule has 2 aliphatic rings. The van der Waals surface area contributed by atoms with E-state index in [1.54, 1.807) is 6.33 Å². The van der Waals surface area contributed by atoms with E-state index in [9.17, 15) is 0 Å². The number of hydrogen-bond acceptors (Lipinski definition) is 5. The van der Waals surface area contributed by atoms with Crippen LogP contribution in [0.5, 0.6) is 0 Å². The van der Waals surface area contributed by atoms with Crippen molar-refractivity contribution in [3.63, 3.8) is 0 Å². The minimum atomic E-state index is 0.439. The summed E-state index contributed by atoms with van der Waals surface area (Å²) < 4.78 is 0. The highest BCUT2D eigenvalue weighted by atomic mass is 15.1. The van der Waals surface area contributed by atoms with E-state index >= 15 is 0 Å². The monoisotopic (exact) mass is 357 g/mol. The molecule has 0 aliphatic heterocycles. The molecule has 1 aromatic carbocycles. The molecule has 27 heavy (non-hydrogen) atoms. The van der Waals surface area contributed by atoms with Gasteiger partial charge in [0.2, 0.25) is 5.95 Å². The summed E-state index contributed by atoms with van der Waals surface area (Å²) >= 11 is 0. The van der Waals surface area contributed by atoms with Gasteiger partial charge in [0.15, 0.2) is 0 Å². The molecule has 5 nitrogen and oxygen atoms in total. The lowest BCUT2D eigenvalue weighted by Crippen LogP contribution is -2.14. The van der Waals surface area contributed by atoms with Crippen molar-refractivity contribution in [1.29, 1.82) is 0 Å². The molecular formula is C22H23N5. The summed E-state index contributed by atoms with van der Waals surface area (Å²) in [6.07, 6.45) is 13.5. The molecule has 136 valence electrons. The first kappa shape index (κ1) is 16.4. The number of aromatic nitrogens is 4. The van der Waals surface area contributed by atoms with Crippen LogP contribution in [0.4, 0.5) is 5.95 Å². The first-order chi connectivity index (χ1) is 13.2. The Morgan fingerprint density at radius 3 is 2.96 bits per heavy atom. The van der Waals surface area contributed by atoms with Gasteiger partial charge < -0.3 is 5.32 Å². The molecule has 0 saturated heterocycles. The molecule has 5 rings (SSSR count). The quantitative estimate of drug-likeness (QED) is 0.750. The Balaban J connectivity index is 1.49. The Morgan fingerprint density at radius 2 is 2.07 bits per heavy atom. The lowest BCUT2D eigenvalue weighted by atomic mass is 9.97. The fraction of sp³-hybridized carbons (Fsp3) is 0.364. The average Bonchev–Trinajstić information content (AvgIpc) is 3.47. The van der Waals surface area contributed by atoms with E-state index in [0.717, 1.165) is 53.9 Å². The fourth-order valence-corrected chi connectivity index (χ4v) is 3.65. The van der Waals surface area contributed by atoms with Crippen LogP contribution in [-0.4, -0.2) is 26.5 Å². The van der Waals surface area contributed by atoms with E-state index in [0.29, 0.717) is 5.41 Å². The van der Waals surface area contributed by atoms with E-state index in [2.05, 4.69) is 51.5 Å². The van der Waals surface area contributed by atoms with Crippen LogP contribution in [0.3, 0.4) is 0 Å². The topological polar surface area (TPSA) is 63.6 Å². The van der Waals surface area contributed by atoms with Crippen LogP contribution >= 0.6 is 0 Å². The number of anilines is 1. The third kappa shape index (κ3) is 3.29. The normalized spacial score (nSPS) is 17.7. The van der Waals surface area contributed by atoms with Gasteiger partial charge >= 0.3 is 0 Å². The van der Waals surface area contributed by atoms with Crippen LogP contribution < -0.4 is 5.32 Å². The zero-order valence-corrected chi connectivity index (χ0v) is 15.6. The smallest absolute Gasteiger partial charge is 0.222 e. The number of aryl methyl sites for hydroxylation is 1. The maximum Gasteiger partial charge on any atom is 0.222 e. The molecule has 0 unspecified atom stereocenters. The molecule has 0 atom stereocenters. The van der Waals surface area contributed by atoms with Crippen molar-refractivity contribution in [3.05, 3.63) is 59.8 Å². The molecule has 2 aliphatic carbocycles. The summed E-state index contributed by atoms with van der Waals surface area (Å²) in [6.45, 7) is 3.27. The van der Waals surface area contributed by atoms with Crippen molar-refractivity contribution < 1.29 is 0 Å². The van der Waals surface area contributed by atoms with Gasteiger partial charge in [-0.3, -0.25) is 0 Å². The SMILES string of the molecule is CC1(CNc2ncc3c(n2)CCCC=C3c2ccc3ncncc3c2)CC1. The standard InChI is InChI=1S/C22H23N5/c1-22(8-9-22)13-25-21-24-12-18-17(4-2-3-5-20(18)27-21)15-6-7-19-16(10-15)11-23-14-26-19/h4,6-7,10-12,14H,2-3,5,8-9,13H2,1H3,(H,24,25,27). The van der Waals surface area contributed by atoms with Crippen LogP contribution in [0.1, 0.15) is 49.4 Å². The Labute approximate surface area is 159 Å². The highest BCUT2D eigenvalue weighted by Gasteiger charge is 2.37. The summed E-state index contributed by atoms with van der Waals surface area (Å²) in [5, 5.41) is 4.49. The van der Waals surface area contributed by atoms with Crippen LogP contribution in [0.15, 0.2) is 43.0 Å². The average molecular weight is 357 g/mol. The van der Waals surface area contributed by atoms with Crippen LogP contribution in [0, 0.1) is 5.41 Å².